The van der Waals surface area contributed by atoms with Gasteiger partial charge in [-0.3, -0.25) is 4.98 Å². The molecule has 0 spiro atoms. The van der Waals surface area contributed by atoms with Gasteiger partial charge in [0.2, 0.25) is 0 Å². The van der Waals surface area contributed by atoms with Crippen LogP contribution in [0.4, 0.5) is 33.7 Å². The van der Waals surface area contributed by atoms with Crippen LogP contribution in [0.15, 0.2) is 60.8 Å². The third-order valence-corrected chi connectivity index (χ3v) is 5.32. The molecule has 0 fully saturated rings. The molecule has 2 amide bonds. The zero-order valence-electron chi connectivity index (χ0n) is 19.5. The summed E-state index contributed by atoms with van der Waals surface area (Å²) >= 11 is 5.58. The lowest BCUT2D eigenvalue weighted by Gasteiger charge is -2.13. The molecule has 192 valence electrons. The summed E-state index contributed by atoms with van der Waals surface area (Å²) in [6.45, 7) is 0.603. The van der Waals surface area contributed by atoms with Crippen molar-refractivity contribution < 1.29 is 27.1 Å². The maximum Gasteiger partial charge on any atom is 0.417 e. The number of benzene rings is 3. The van der Waals surface area contributed by atoms with Crippen molar-refractivity contribution in [1.29, 1.82) is 0 Å². The van der Waals surface area contributed by atoms with Gasteiger partial charge in [-0.05, 0) is 56.6 Å². The normalized spacial score (nSPS) is 11.6. The van der Waals surface area contributed by atoms with Gasteiger partial charge in [0.05, 0.1) is 33.5 Å². The largest absolute Gasteiger partial charge is 0.454 e. The fourth-order valence-electron chi connectivity index (χ4n) is 3.40. The summed E-state index contributed by atoms with van der Waals surface area (Å²) in [4.78, 5) is 23.1. The van der Waals surface area contributed by atoms with Crippen LogP contribution in [-0.4, -0.2) is 35.0 Å². The molecule has 2 N–H and O–H groups in total. The fraction of sp³-hybridized carbons (Fsp3) is 0.160. The van der Waals surface area contributed by atoms with Gasteiger partial charge in [0.15, 0.2) is 11.6 Å². The molecule has 4 rings (SSSR count). The number of urea groups is 1. The second-order valence-electron chi connectivity index (χ2n) is 8.27. The molecule has 4 aromatic rings. The molecular formula is C25H20ClF4N5O2. The van der Waals surface area contributed by atoms with Gasteiger partial charge in [0.1, 0.15) is 5.75 Å². The first-order chi connectivity index (χ1) is 17.5. The van der Waals surface area contributed by atoms with Gasteiger partial charge < -0.3 is 20.3 Å². The molecule has 3 aromatic carbocycles. The van der Waals surface area contributed by atoms with Crippen molar-refractivity contribution in [2.24, 2.45) is 0 Å². The zero-order chi connectivity index (χ0) is 26.7. The van der Waals surface area contributed by atoms with Crippen molar-refractivity contribution in [2.45, 2.75) is 12.7 Å². The third kappa shape index (κ3) is 6.63. The lowest BCUT2D eigenvalue weighted by molar-refractivity contribution is -0.137. The van der Waals surface area contributed by atoms with Crippen molar-refractivity contribution in [3.05, 3.63) is 82.9 Å². The fourth-order valence-corrected chi connectivity index (χ4v) is 3.62. The minimum absolute atomic E-state index is 0.0602. The standard InChI is InChI=1S/C25H20ClF4N5O2/c1-35(2)13-16-12-31-21-7-5-17(11-22(21)32-16)37-23-8-4-15(10-20(23)27)34-24(36)33-14-3-6-19(26)18(9-14)25(28,29)30/h3-12H,13H2,1-2H3,(H2,33,34,36). The second kappa shape index (κ2) is 10.6. The zero-order valence-corrected chi connectivity index (χ0v) is 20.3. The molecule has 0 saturated carbocycles. The topological polar surface area (TPSA) is 79.4 Å². The number of carbonyl (C=O) groups is 1. The number of halogens is 5. The van der Waals surface area contributed by atoms with Crippen molar-refractivity contribution >= 4 is 40.0 Å². The van der Waals surface area contributed by atoms with Gasteiger partial charge in [0, 0.05) is 30.1 Å². The minimum atomic E-state index is -4.68. The number of nitrogens with one attached hydrogen (secondary N) is 2. The van der Waals surface area contributed by atoms with Crippen LogP contribution in [0.2, 0.25) is 5.02 Å². The number of fused-ring (bicyclic) bond motifs is 1. The highest BCUT2D eigenvalue weighted by Gasteiger charge is 2.33. The average Bonchev–Trinajstić information content (AvgIpc) is 2.81. The maximum absolute atomic E-state index is 14.7. The van der Waals surface area contributed by atoms with E-state index in [9.17, 15) is 22.4 Å². The Labute approximate surface area is 214 Å². The first-order valence-electron chi connectivity index (χ1n) is 10.8. The van der Waals surface area contributed by atoms with Crippen molar-refractivity contribution in [2.75, 3.05) is 24.7 Å². The summed E-state index contributed by atoms with van der Waals surface area (Å²) in [5, 5.41) is 4.12. The van der Waals surface area contributed by atoms with Crippen LogP contribution in [0.5, 0.6) is 11.5 Å². The van der Waals surface area contributed by atoms with Crippen molar-refractivity contribution in [3.8, 4) is 11.5 Å². The summed E-state index contributed by atoms with van der Waals surface area (Å²) in [5.41, 5.74) is 0.843. The van der Waals surface area contributed by atoms with E-state index in [1.807, 2.05) is 19.0 Å². The Morgan fingerprint density at radius 3 is 2.38 bits per heavy atom. The first kappa shape index (κ1) is 26.1. The Morgan fingerprint density at radius 2 is 1.70 bits per heavy atom. The molecule has 0 radical (unpaired) electrons. The van der Waals surface area contributed by atoms with E-state index in [1.165, 1.54) is 18.2 Å². The number of hydrogen-bond acceptors (Lipinski definition) is 5. The Balaban J connectivity index is 1.44. The van der Waals surface area contributed by atoms with Gasteiger partial charge >= 0.3 is 12.2 Å². The van der Waals surface area contributed by atoms with Crippen LogP contribution in [0.1, 0.15) is 11.3 Å². The first-order valence-corrected chi connectivity index (χ1v) is 11.2. The van der Waals surface area contributed by atoms with E-state index in [-0.39, 0.29) is 17.1 Å². The lowest BCUT2D eigenvalue weighted by atomic mass is 10.2. The highest BCUT2D eigenvalue weighted by atomic mass is 35.5. The molecule has 37 heavy (non-hydrogen) atoms. The van der Waals surface area contributed by atoms with E-state index >= 15 is 0 Å². The molecule has 7 nitrogen and oxygen atoms in total. The van der Waals surface area contributed by atoms with Gasteiger partial charge in [0.25, 0.3) is 0 Å². The predicted octanol–water partition coefficient (Wildman–Crippen LogP) is 6.94. The van der Waals surface area contributed by atoms with Gasteiger partial charge in [-0.25, -0.2) is 14.2 Å². The number of hydrogen-bond donors (Lipinski definition) is 2. The van der Waals surface area contributed by atoms with Crippen molar-refractivity contribution in [1.82, 2.24) is 14.9 Å². The summed E-state index contributed by atoms with van der Waals surface area (Å²) < 4.78 is 59.4. The maximum atomic E-state index is 14.7. The minimum Gasteiger partial charge on any atom is -0.454 e. The van der Waals surface area contributed by atoms with E-state index < -0.39 is 28.6 Å². The highest BCUT2D eigenvalue weighted by molar-refractivity contribution is 6.31. The number of anilines is 2. The van der Waals surface area contributed by atoms with Crippen LogP contribution in [0, 0.1) is 5.82 Å². The Bertz CT molecular complexity index is 1460. The number of alkyl halides is 3. The molecule has 1 heterocycles. The SMILES string of the molecule is CN(C)Cc1cnc2ccc(Oc3ccc(NC(=O)Nc4ccc(Cl)c(C(F)(F)F)c4)cc3F)cc2n1. The summed E-state index contributed by atoms with van der Waals surface area (Å²) in [6.07, 6.45) is -3.00. The van der Waals surface area contributed by atoms with Crippen molar-refractivity contribution in [3.63, 3.8) is 0 Å². The molecule has 0 aliphatic carbocycles. The molecule has 0 bridgehead atoms. The van der Waals surface area contributed by atoms with E-state index in [4.69, 9.17) is 16.3 Å². The van der Waals surface area contributed by atoms with Crippen LogP contribution in [-0.2, 0) is 12.7 Å². The molecule has 0 aliphatic rings. The lowest BCUT2D eigenvalue weighted by Crippen LogP contribution is -2.20. The second-order valence-corrected chi connectivity index (χ2v) is 8.68. The molecule has 1 aromatic heterocycles. The molecular weight excluding hydrogens is 514 g/mol. The van der Waals surface area contributed by atoms with Crippen LogP contribution < -0.4 is 15.4 Å². The monoisotopic (exact) mass is 533 g/mol. The molecule has 0 aliphatic heterocycles. The Morgan fingerprint density at radius 1 is 1.00 bits per heavy atom. The van der Waals surface area contributed by atoms with Crippen LogP contribution in [0.25, 0.3) is 11.0 Å². The number of ether oxygens (including phenoxy) is 1. The van der Waals surface area contributed by atoms with Gasteiger partial charge in [-0.2, -0.15) is 13.2 Å². The Kier molecular flexibility index (Phi) is 7.46. The van der Waals surface area contributed by atoms with E-state index in [1.54, 1.807) is 24.4 Å². The number of rotatable bonds is 6. The number of amides is 2. The molecule has 0 unspecified atom stereocenters. The Hall–Kier alpha value is -3.96. The summed E-state index contributed by atoms with van der Waals surface area (Å²) in [5.74, 6) is -0.532. The van der Waals surface area contributed by atoms with Gasteiger partial charge in [-0.15, -0.1) is 0 Å². The van der Waals surface area contributed by atoms with E-state index in [0.29, 0.717) is 29.4 Å². The number of carbonyl (C=O) groups excluding carboxylic acids is 1. The molecule has 0 saturated heterocycles. The third-order valence-electron chi connectivity index (χ3n) is 4.99. The number of nitrogens with zero attached hydrogens (tertiary/aromatic N) is 3. The smallest absolute Gasteiger partial charge is 0.417 e. The molecule has 0 atom stereocenters. The van der Waals surface area contributed by atoms with E-state index in [0.717, 1.165) is 17.8 Å². The average molecular weight is 534 g/mol. The highest BCUT2D eigenvalue weighted by Crippen LogP contribution is 2.36. The van der Waals surface area contributed by atoms with E-state index in [2.05, 4.69) is 20.6 Å². The number of aromatic nitrogens is 2. The summed E-state index contributed by atoms with van der Waals surface area (Å²) in [7, 11) is 3.83. The predicted molar refractivity (Wildman–Crippen MR) is 132 cm³/mol. The summed E-state index contributed by atoms with van der Waals surface area (Å²) in [6, 6.07) is 10.8. The molecule has 12 heteroatoms. The van der Waals surface area contributed by atoms with Gasteiger partial charge in [-0.1, -0.05) is 11.6 Å². The quantitative estimate of drug-likeness (QED) is 0.262. The van der Waals surface area contributed by atoms with Crippen LogP contribution in [0.3, 0.4) is 0 Å². The van der Waals surface area contributed by atoms with Crippen LogP contribution >= 0.6 is 11.6 Å².